The highest BCUT2D eigenvalue weighted by Crippen LogP contribution is 2.28. The maximum atomic E-state index is 11.5. The number of carboxylic acid groups (broad SMARTS) is 1. The number of aliphatic carboxylic acids is 1. The fraction of sp³-hybridized carbons (Fsp3) is 0.500. The summed E-state index contributed by atoms with van der Waals surface area (Å²) in [6.07, 6.45) is 3.40. The predicted octanol–water partition coefficient (Wildman–Crippen LogP) is 2.69. The molecule has 0 unspecified atom stereocenters. The second-order valence-electron chi connectivity index (χ2n) is 4.73. The van der Waals surface area contributed by atoms with E-state index in [1.54, 1.807) is 0 Å². The van der Waals surface area contributed by atoms with Crippen LogP contribution in [0.5, 0.6) is 0 Å². The number of benzene rings is 1. The summed E-state index contributed by atoms with van der Waals surface area (Å²) in [5, 5.41) is 9.46. The molecule has 1 aromatic carbocycles. The smallest absolute Gasteiger partial charge is 0.325 e. The van der Waals surface area contributed by atoms with Crippen molar-refractivity contribution in [1.29, 1.82) is 0 Å². The minimum absolute atomic E-state index is 0.352. The lowest BCUT2D eigenvalue weighted by atomic mass is 9.97. The van der Waals surface area contributed by atoms with Crippen LogP contribution in [-0.2, 0) is 4.79 Å². The van der Waals surface area contributed by atoms with Crippen molar-refractivity contribution >= 4 is 5.97 Å². The topological polar surface area (TPSA) is 40.5 Å². The Kier molecular flexibility index (Phi) is 3.79. The van der Waals surface area contributed by atoms with Crippen LogP contribution in [0, 0.1) is 0 Å². The largest absolute Gasteiger partial charge is 0.480 e. The Morgan fingerprint density at radius 2 is 2.06 bits per heavy atom. The molecule has 1 aliphatic rings. The van der Waals surface area contributed by atoms with E-state index in [9.17, 15) is 9.90 Å². The van der Waals surface area contributed by atoms with Gasteiger partial charge in [0.25, 0.3) is 0 Å². The molecule has 0 spiro atoms. The second-order valence-corrected chi connectivity index (χ2v) is 4.73. The normalized spacial score (nSPS) is 23.2. The van der Waals surface area contributed by atoms with Crippen molar-refractivity contribution in [2.45, 2.75) is 38.3 Å². The summed E-state index contributed by atoms with van der Waals surface area (Å²) in [4.78, 5) is 13.6. The summed E-state index contributed by atoms with van der Waals surface area (Å²) in [5.74, 6) is -0.745. The molecule has 2 rings (SSSR count). The zero-order chi connectivity index (χ0) is 12.3. The highest BCUT2D eigenvalue weighted by molar-refractivity contribution is 5.75. The van der Waals surface area contributed by atoms with Crippen LogP contribution in [0.4, 0.5) is 0 Å². The molecule has 1 aromatic rings. The molecule has 1 fully saturated rings. The third-order valence-corrected chi connectivity index (χ3v) is 3.54. The first-order valence-corrected chi connectivity index (χ1v) is 6.23. The molecule has 17 heavy (non-hydrogen) atoms. The number of carbonyl (C=O) groups is 1. The van der Waals surface area contributed by atoms with Crippen LogP contribution < -0.4 is 0 Å². The third-order valence-electron chi connectivity index (χ3n) is 3.54. The Hall–Kier alpha value is -1.35. The molecule has 1 heterocycles. The summed E-state index contributed by atoms with van der Waals surface area (Å²) in [5.41, 5.74) is 0.883. The summed E-state index contributed by atoms with van der Waals surface area (Å²) in [6, 6.07) is 9.39. The van der Waals surface area contributed by atoms with Crippen LogP contribution >= 0.6 is 0 Å². The van der Waals surface area contributed by atoms with Crippen molar-refractivity contribution in [1.82, 2.24) is 4.90 Å². The quantitative estimate of drug-likeness (QED) is 0.872. The Bertz CT molecular complexity index is 377. The summed E-state index contributed by atoms with van der Waals surface area (Å²) >= 11 is 0. The number of carboxylic acids is 1. The van der Waals surface area contributed by atoms with Gasteiger partial charge < -0.3 is 5.11 Å². The molecule has 92 valence electrons. The zero-order valence-corrected chi connectivity index (χ0v) is 10.2. The van der Waals surface area contributed by atoms with Crippen molar-refractivity contribution in [3.05, 3.63) is 35.9 Å². The maximum Gasteiger partial charge on any atom is 0.325 e. The average Bonchev–Trinajstić information content (AvgIpc) is 2.33. The van der Waals surface area contributed by atoms with Gasteiger partial charge in [-0.1, -0.05) is 36.8 Å². The molecule has 1 saturated heterocycles. The number of likely N-dealkylation sites (tertiary alicyclic amines) is 1. The van der Waals surface area contributed by atoms with Gasteiger partial charge in [-0.05, 0) is 31.9 Å². The number of hydrogen-bond donors (Lipinski definition) is 1. The molecular weight excluding hydrogens is 214 g/mol. The molecule has 0 radical (unpaired) electrons. The molecule has 1 aliphatic heterocycles. The molecule has 0 aliphatic carbocycles. The van der Waals surface area contributed by atoms with Crippen LogP contribution in [0.1, 0.15) is 37.8 Å². The van der Waals surface area contributed by atoms with Crippen molar-refractivity contribution < 1.29 is 9.90 Å². The monoisotopic (exact) mass is 233 g/mol. The van der Waals surface area contributed by atoms with Crippen LogP contribution in [0.15, 0.2) is 30.3 Å². The van der Waals surface area contributed by atoms with Crippen molar-refractivity contribution in [2.75, 3.05) is 6.54 Å². The van der Waals surface area contributed by atoms with Gasteiger partial charge in [0.15, 0.2) is 0 Å². The fourth-order valence-corrected chi connectivity index (χ4v) is 2.62. The third kappa shape index (κ3) is 2.67. The van der Waals surface area contributed by atoms with Gasteiger partial charge in [0.2, 0.25) is 0 Å². The molecule has 1 N–H and O–H groups in total. The van der Waals surface area contributed by atoms with Gasteiger partial charge >= 0.3 is 5.97 Å². The van der Waals surface area contributed by atoms with E-state index in [1.165, 1.54) is 6.42 Å². The van der Waals surface area contributed by atoms with E-state index in [0.29, 0.717) is 6.04 Å². The molecule has 0 aromatic heterocycles. The zero-order valence-electron chi connectivity index (χ0n) is 10.2. The van der Waals surface area contributed by atoms with Gasteiger partial charge in [-0.2, -0.15) is 0 Å². The van der Waals surface area contributed by atoms with Crippen LogP contribution in [-0.4, -0.2) is 28.6 Å². The standard InChI is InChI=1S/C14H19NO2/c1-11-7-5-6-10-15(11)13(14(16)17)12-8-3-2-4-9-12/h2-4,8-9,11,13H,5-7,10H2,1H3,(H,16,17)/t11-,13+/m0/s1. The maximum absolute atomic E-state index is 11.5. The van der Waals surface area contributed by atoms with Crippen molar-refractivity contribution in [2.24, 2.45) is 0 Å². The lowest BCUT2D eigenvalue weighted by Crippen LogP contribution is -2.43. The highest BCUT2D eigenvalue weighted by atomic mass is 16.4. The Morgan fingerprint density at radius 3 is 2.65 bits per heavy atom. The van der Waals surface area contributed by atoms with Gasteiger partial charge in [0.05, 0.1) is 0 Å². The second kappa shape index (κ2) is 5.32. The molecular formula is C14H19NO2. The number of hydrogen-bond acceptors (Lipinski definition) is 2. The predicted molar refractivity (Wildman–Crippen MR) is 66.8 cm³/mol. The van der Waals surface area contributed by atoms with E-state index in [4.69, 9.17) is 0 Å². The number of nitrogens with zero attached hydrogens (tertiary/aromatic N) is 1. The van der Waals surface area contributed by atoms with E-state index in [2.05, 4.69) is 11.8 Å². The summed E-state index contributed by atoms with van der Waals surface area (Å²) in [6.45, 7) is 3.01. The van der Waals surface area contributed by atoms with Gasteiger partial charge in [0, 0.05) is 6.04 Å². The first-order chi connectivity index (χ1) is 8.20. The number of piperidine rings is 1. The number of rotatable bonds is 3. The van der Waals surface area contributed by atoms with Crippen molar-refractivity contribution in [3.8, 4) is 0 Å². The fourth-order valence-electron chi connectivity index (χ4n) is 2.62. The minimum atomic E-state index is -0.745. The Balaban J connectivity index is 2.26. The van der Waals surface area contributed by atoms with Crippen LogP contribution in [0.3, 0.4) is 0 Å². The van der Waals surface area contributed by atoms with Crippen molar-refractivity contribution in [3.63, 3.8) is 0 Å². The molecule has 2 atom stereocenters. The van der Waals surface area contributed by atoms with Gasteiger partial charge in [-0.25, -0.2) is 0 Å². The lowest BCUT2D eigenvalue weighted by Gasteiger charge is -2.37. The Morgan fingerprint density at radius 1 is 1.35 bits per heavy atom. The van der Waals surface area contributed by atoms with Gasteiger partial charge in [0.1, 0.15) is 6.04 Å². The first kappa shape index (κ1) is 12.1. The first-order valence-electron chi connectivity index (χ1n) is 6.23. The highest BCUT2D eigenvalue weighted by Gasteiger charge is 2.31. The van der Waals surface area contributed by atoms with E-state index >= 15 is 0 Å². The van der Waals surface area contributed by atoms with Gasteiger partial charge in [-0.3, -0.25) is 9.69 Å². The molecule has 3 nitrogen and oxygen atoms in total. The van der Waals surface area contributed by atoms with E-state index in [0.717, 1.165) is 24.9 Å². The molecule has 3 heteroatoms. The lowest BCUT2D eigenvalue weighted by molar-refractivity contribution is -0.145. The summed E-state index contributed by atoms with van der Waals surface area (Å²) in [7, 11) is 0. The molecule has 0 bridgehead atoms. The summed E-state index contributed by atoms with van der Waals surface area (Å²) < 4.78 is 0. The van der Waals surface area contributed by atoms with Crippen LogP contribution in [0.25, 0.3) is 0 Å². The molecule has 0 amide bonds. The van der Waals surface area contributed by atoms with Crippen LogP contribution in [0.2, 0.25) is 0 Å². The SMILES string of the molecule is C[C@H]1CCCCN1[C@@H](C(=O)O)c1ccccc1. The van der Waals surface area contributed by atoms with E-state index in [1.807, 2.05) is 30.3 Å². The van der Waals surface area contributed by atoms with Gasteiger partial charge in [-0.15, -0.1) is 0 Å². The van der Waals surface area contributed by atoms with E-state index < -0.39 is 12.0 Å². The minimum Gasteiger partial charge on any atom is -0.480 e. The van der Waals surface area contributed by atoms with E-state index in [-0.39, 0.29) is 0 Å². The molecule has 0 saturated carbocycles. The Labute approximate surface area is 102 Å². The average molecular weight is 233 g/mol.